The summed E-state index contributed by atoms with van der Waals surface area (Å²) in [6.07, 6.45) is 5.63. The predicted molar refractivity (Wildman–Crippen MR) is 126 cm³/mol. The standard InChI is InChI=1S/C22H23ClN8O2/c1-2-3-6-11-29-19-17(25-21(23)26-19)20(32)30(22(29)33)12-7-10-16-27-28-18-15-9-5-4-8-14(15)13-24-31(16)18/h4-5,8-9,13H,2-3,6-7,10-12H2,1H3,(H,25,26). The number of halogens is 1. The molecule has 4 aromatic heterocycles. The van der Waals surface area contributed by atoms with Crippen molar-refractivity contribution < 1.29 is 0 Å². The van der Waals surface area contributed by atoms with Gasteiger partial charge in [0.2, 0.25) is 5.28 Å². The Balaban J connectivity index is 1.43. The largest absolute Gasteiger partial charge is 0.332 e. The monoisotopic (exact) mass is 466 g/mol. The average Bonchev–Trinajstić information content (AvgIpc) is 3.42. The first-order valence-electron chi connectivity index (χ1n) is 11.1. The lowest BCUT2D eigenvalue weighted by Gasteiger charge is -2.11. The van der Waals surface area contributed by atoms with E-state index < -0.39 is 5.56 Å². The zero-order valence-electron chi connectivity index (χ0n) is 18.2. The maximum atomic E-state index is 13.1. The number of aromatic nitrogens is 8. The molecule has 170 valence electrons. The Kier molecular flexibility index (Phi) is 5.67. The Hall–Kier alpha value is -3.53. The second kappa shape index (κ2) is 8.78. The van der Waals surface area contributed by atoms with Crippen LogP contribution in [0.15, 0.2) is 40.1 Å². The number of benzene rings is 1. The quantitative estimate of drug-likeness (QED) is 0.277. The first-order chi connectivity index (χ1) is 16.1. The molecule has 10 nitrogen and oxygen atoms in total. The van der Waals surface area contributed by atoms with Gasteiger partial charge >= 0.3 is 5.69 Å². The van der Waals surface area contributed by atoms with Crippen LogP contribution in [0.1, 0.15) is 38.4 Å². The lowest BCUT2D eigenvalue weighted by atomic mass is 10.2. The van der Waals surface area contributed by atoms with Crippen LogP contribution in [0.3, 0.4) is 0 Å². The summed E-state index contributed by atoms with van der Waals surface area (Å²) < 4.78 is 4.50. The predicted octanol–water partition coefficient (Wildman–Crippen LogP) is 2.95. The Morgan fingerprint density at radius 1 is 1.00 bits per heavy atom. The highest BCUT2D eigenvalue weighted by atomic mass is 35.5. The van der Waals surface area contributed by atoms with Crippen LogP contribution >= 0.6 is 11.6 Å². The number of imidazole rings is 1. The Morgan fingerprint density at radius 3 is 2.67 bits per heavy atom. The third-order valence-corrected chi connectivity index (χ3v) is 6.00. The van der Waals surface area contributed by atoms with E-state index in [-0.39, 0.29) is 23.0 Å². The van der Waals surface area contributed by atoms with Gasteiger partial charge in [-0.25, -0.2) is 4.79 Å². The van der Waals surface area contributed by atoms with Crippen molar-refractivity contribution in [2.24, 2.45) is 0 Å². The number of aromatic amines is 1. The van der Waals surface area contributed by atoms with Gasteiger partial charge in [0, 0.05) is 30.3 Å². The minimum absolute atomic E-state index is 0.0942. The molecule has 0 unspecified atom stereocenters. The third kappa shape index (κ3) is 3.80. The number of nitrogens with zero attached hydrogens (tertiary/aromatic N) is 7. The lowest BCUT2D eigenvalue weighted by molar-refractivity contribution is 0.522. The Morgan fingerprint density at radius 2 is 1.82 bits per heavy atom. The van der Waals surface area contributed by atoms with Crippen LogP contribution in [0.4, 0.5) is 0 Å². The topological polar surface area (TPSA) is 116 Å². The van der Waals surface area contributed by atoms with Crippen molar-refractivity contribution in [2.45, 2.75) is 52.1 Å². The van der Waals surface area contributed by atoms with Crippen molar-refractivity contribution in [2.75, 3.05) is 0 Å². The molecule has 1 aromatic carbocycles. The fraction of sp³-hybridized carbons (Fsp3) is 0.364. The van der Waals surface area contributed by atoms with Crippen LogP contribution < -0.4 is 11.2 Å². The van der Waals surface area contributed by atoms with Gasteiger partial charge in [0.15, 0.2) is 22.6 Å². The van der Waals surface area contributed by atoms with Gasteiger partial charge in [0.05, 0.1) is 6.20 Å². The van der Waals surface area contributed by atoms with Gasteiger partial charge in [-0.2, -0.15) is 14.6 Å². The van der Waals surface area contributed by atoms with E-state index in [0.29, 0.717) is 36.5 Å². The number of unbranched alkanes of at least 4 members (excludes halogenated alkanes) is 2. The molecule has 0 bridgehead atoms. The van der Waals surface area contributed by atoms with Crippen molar-refractivity contribution in [3.63, 3.8) is 0 Å². The van der Waals surface area contributed by atoms with Crippen molar-refractivity contribution in [1.29, 1.82) is 0 Å². The first kappa shape index (κ1) is 21.3. The molecule has 0 aliphatic carbocycles. The zero-order valence-corrected chi connectivity index (χ0v) is 18.9. The van der Waals surface area contributed by atoms with Crippen molar-refractivity contribution >= 4 is 39.2 Å². The number of aryl methyl sites for hydroxylation is 2. The zero-order chi connectivity index (χ0) is 22.9. The summed E-state index contributed by atoms with van der Waals surface area (Å²) in [5.74, 6) is 0.678. The second-order valence-electron chi connectivity index (χ2n) is 8.01. The van der Waals surface area contributed by atoms with Crippen LogP contribution in [0, 0.1) is 0 Å². The molecule has 5 aromatic rings. The summed E-state index contributed by atoms with van der Waals surface area (Å²) in [6, 6.07) is 7.86. The molecule has 0 saturated heterocycles. The molecule has 0 aliphatic heterocycles. The van der Waals surface area contributed by atoms with Crippen LogP contribution in [0.25, 0.3) is 27.6 Å². The van der Waals surface area contributed by atoms with E-state index in [1.807, 2.05) is 24.3 Å². The van der Waals surface area contributed by atoms with E-state index in [1.165, 1.54) is 9.13 Å². The minimum atomic E-state index is -0.420. The highest BCUT2D eigenvalue weighted by molar-refractivity contribution is 6.29. The average molecular weight is 467 g/mol. The molecule has 0 radical (unpaired) electrons. The van der Waals surface area contributed by atoms with Gasteiger partial charge in [0.1, 0.15) is 0 Å². The highest BCUT2D eigenvalue weighted by Gasteiger charge is 2.17. The maximum absolute atomic E-state index is 13.1. The number of nitrogens with one attached hydrogen (secondary N) is 1. The molecular weight excluding hydrogens is 444 g/mol. The highest BCUT2D eigenvalue weighted by Crippen LogP contribution is 2.18. The maximum Gasteiger partial charge on any atom is 0.332 e. The van der Waals surface area contributed by atoms with Crippen molar-refractivity contribution in [1.82, 2.24) is 38.9 Å². The fourth-order valence-electron chi connectivity index (χ4n) is 4.14. The smallest absolute Gasteiger partial charge is 0.323 e. The Bertz CT molecular complexity index is 1580. The van der Waals surface area contributed by atoms with Crippen LogP contribution in [0.2, 0.25) is 5.28 Å². The molecule has 4 heterocycles. The molecule has 0 saturated carbocycles. The summed E-state index contributed by atoms with van der Waals surface area (Å²) in [5.41, 5.74) is 0.449. The summed E-state index contributed by atoms with van der Waals surface area (Å²) in [6.45, 7) is 2.81. The fourth-order valence-corrected chi connectivity index (χ4v) is 4.32. The third-order valence-electron chi connectivity index (χ3n) is 5.82. The summed E-state index contributed by atoms with van der Waals surface area (Å²) in [7, 11) is 0. The van der Waals surface area contributed by atoms with E-state index >= 15 is 0 Å². The molecule has 0 aliphatic rings. The molecule has 0 atom stereocenters. The SMILES string of the molecule is CCCCCn1c(=O)n(CCCc2nnc3c4ccccc4cnn23)c(=O)c2[nH]c(Cl)nc21. The number of rotatable bonds is 8. The lowest BCUT2D eigenvalue weighted by Crippen LogP contribution is -2.40. The van der Waals surface area contributed by atoms with Crippen LogP contribution in [-0.2, 0) is 19.5 Å². The van der Waals surface area contributed by atoms with E-state index in [0.717, 1.165) is 30.0 Å². The number of H-pyrrole nitrogens is 1. The van der Waals surface area contributed by atoms with Gasteiger partial charge in [-0.15, -0.1) is 10.2 Å². The Labute approximate surface area is 192 Å². The molecule has 0 fully saturated rings. The molecule has 1 N–H and O–H groups in total. The van der Waals surface area contributed by atoms with Crippen LogP contribution in [0.5, 0.6) is 0 Å². The molecule has 0 amide bonds. The molecular formula is C22H23ClN8O2. The van der Waals surface area contributed by atoms with Crippen molar-refractivity contribution in [3.05, 3.63) is 62.4 Å². The summed E-state index contributed by atoms with van der Waals surface area (Å²) in [5, 5.41) is 15.1. The van der Waals surface area contributed by atoms with Crippen LogP contribution in [-0.4, -0.2) is 38.9 Å². The molecule has 0 spiro atoms. The summed E-state index contributed by atoms with van der Waals surface area (Å²) in [4.78, 5) is 33.1. The first-order valence-corrected chi connectivity index (χ1v) is 11.4. The van der Waals surface area contributed by atoms with Gasteiger partial charge in [-0.3, -0.25) is 13.9 Å². The second-order valence-corrected chi connectivity index (χ2v) is 8.37. The number of hydrogen-bond donors (Lipinski definition) is 1. The normalized spacial score (nSPS) is 11.8. The van der Waals surface area contributed by atoms with Gasteiger partial charge in [-0.05, 0) is 24.4 Å². The minimum Gasteiger partial charge on any atom is -0.323 e. The molecule has 5 rings (SSSR count). The molecule has 33 heavy (non-hydrogen) atoms. The van der Waals surface area contributed by atoms with Gasteiger partial charge in [0.25, 0.3) is 5.56 Å². The van der Waals surface area contributed by atoms with E-state index in [1.54, 1.807) is 10.7 Å². The van der Waals surface area contributed by atoms with Gasteiger partial charge < -0.3 is 4.98 Å². The number of hydrogen-bond acceptors (Lipinski definition) is 6. The van der Waals surface area contributed by atoms with E-state index in [9.17, 15) is 9.59 Å². The summed E-state index contributed by atoms with van der Waals surface area (Å²) >= 11 is 6.01. The van der Waals surface area contributed by atoms with E-state index in [4.69, 9.17) is 11.6 Å². The number of fused-ring (bicyclic) bond motifs is 4. The van der Waals surface area contributed by atoms with Crippen molar-refractivity contribution in [3.8, 4) is 0 Å². The molecule has 11 heteroatoms. The van der Waals surface area contributed by atoms with E-state index in [2.05, 4.69) is 32.2 Å². The van der Waals surface area contributed by atoms with Gasteiger partial charge in [-0.1, -0.05) is 44.0 Å².